The van der Waals surface area contributed by atoms with E-state index in [1.54, 1.807) is 0 Å². The number of rotatable bonds is 2. The largest absolute Gasteiger partial charge is 0.342 e. The molecule has 0 bridgehead atoms. The summed E-state index contributed by atoms with van der Waals surface area (Å²) in [6.45, 7) is 3.39. The molecular weight excluding hydrogens is 307 g/mol. The summed E-state index contributed by atoms with van der Waals surface area (Å²) in [4.78, 5) is 0. The Hall–Kier alpha value is -1.06. The second-order valence-corrected chi connectivity index (χ2v) is 6.23. The highest BCUT2D eigenvalue weighted by Gasteiger charge is 2.40. The highest BCUT2D eigenvalue weighted by molar-refractivity contribution is 6.30. The molecule has 1 aliphatic rings. The molecule has 0 aromatic heterocycles. The molecule has 2 nitrogen and oxygen atoms in total. The van der Waals surface area contributed by atoms with Gasteiger partial charge in [0, 0.05) is 27.1 Å². The lowest BCUT2D eigenvalue weighted by Gasteiger charge is -2.40. The van der Waals surface area contributed by atoms with Gasteiger partial charge in [0.15, 0.2) is 0 Å². The van der Waals surface area contributed by atoms with Gasteiger partial charge in [0.2, 0.25) is 5.79 Å². The minimum absolute atomic E-state index is 0.373. The Kier molecular flexibility index (Phi) is 4.23. The summed E-state index contributed by atoms with van der Waals surface area (Å²) in [5.74, 6) is -0.514. The van der Waals surface area contributed by atoms with Gasteiger partial charge in [0.25, 0.3) is 0 Å². The van der Waals surface area contributed by atoms with Crippen LogP contribution < -0.4 is 0 Å². The van der Waals surface area contributed by atoms with Crippen molar-refractivity contribution in [1.29, 1.82) is 0 Å². The summed E-state index contributed by atoms with van der Waals surface area (Å²) in [5.41, 5.74) is 1.86. The van der Waals surface area contributed by atoms with Gasteiger partial charge in [0.1, 0.15) is 0 Å². The topological polar surface area (TPSA) is 18.5 Å². The minimum Gasteiger partial charge on any atom is -0.342 e. The molecule has 0 saturated carbocycles. The SMILES string of the molecule is CC1COC(c2ccc(Cl)cc2)(c2ccc(Cl)cc2)OC1. The van der Waals surface area contributed by atoms with E-state index in [1.165, 1.54) is 0 Å². The number of benzene rings is 2. The van der Waals surface area contributed by atoms with Crippen LogP contribution >= 0.6 is 23.2 Å². The average molecular weight is 323 g/mol. The molecule has 0 radical (unpaired) electrons. The molecule has 3 rings (SSSR count). The molecule has 0 aliphatic carbocycles. The first-order valence-electron chi connectivity index (χ1n) is 6.90. The monoisotopic (exact) mass is 322 g/mol. The Morgan fingerprint density at radius 3 is 1.57 bits per heavy atom. The molecule has 110 valence electrons. The zero-order valence-corrected chi connectivity index (χ0v) is 13.2. The number of hydrogen-bond acceptors (Lipinski definition) is 2. The van der Waals surface area contributed by atoms with Crippen molar-refractivity contribution in [2.75, 3.05) is 13.2 Å². The fraction of sp³-hybridized carbons (Fsp3) is 0.294. The van der Waals surface area contributed by atoms with E-state index in [-0.39, 0.29) is 0 Å². The second kappa shape index (κ2) is 5.98. The van der Waals surface area contributed by atoms with E-state index >= 15 is 0 Å². The van der Waals surface area contributed by atoms with Crippen LogP contribution in [0.5, 0.6) is 0 Å². The molecule has 2 aromatic rings. The lowest BCUT2D eigenvalue weighted by Crippen LogP contribution is -2.42. The maximum atomic E-state index is 6.12. The number of ether oxygens (including phenoxy) is 2. The molecule has 1 heterocycles. The Morgan fingerprint density at radius 1 is 0.810 bits per heavy atom. The van der Waals surface area contributed by atoms with Crippen LogP contribution in [0.25, 0.3) is 0 Å². The van der Waals surface area contributed by atoms with Crippen LogP contribution in [0, 0.1) is 5.92 Å². The van der Waals surface area contributed by atoms with Gasteiger partial charge in [-0.25, -0.2) is 0 Å². The molecule has 4 heteroatoms. The van der Waals surface area contributed by atoms with Crippen molar-refractivity contribution in [3.05, 3.63) is 69.7 Å². The van der Waals surface area contributed by atoms with Crippen molar-refractivity contribution < 1.29 is 9.47 Å². The number of hydrogen-bond donors (Lipinski definition) is 0. The summed E-state index contributed by atoms with van der Waals surface area (Å²) < 4.78 is 12.2. The third kappa shape index (κ3) is 2.95. The minimum atomic E-state index is -0.887. The Bertz CT molecular complexity index is 552. The van der Waals surface area contributed by atoms with Crippen molar-refractivity contribution in [2.45, 2.75) is 12.7 Å². The van der Waals surface area contributed by atoms with Crippen LogP contribution in [0.3, 0.4) is 0 Å². The molecule has 0 N–H and O–H groups in total. The van der Waals surface area contributed by atoms with E-state index in [2.05, 4.69) is 6.92 Å². The third-order valence-corrected chi connectivity index (χ3v) is 4.09. The van der Waals surface area contributed by atoms with Gasteiger partial charge in [-0.2, -0.15) is 0 Å². The van der Waals surface area contributed by atoms with E-state index in [9.17, 15) is 0 Å². The van der Waals surface area contributed by atoms with Crippen LogP contribution in [0.2, 0.25) is 10.0 Å². The molecule has 2 aromatic carbocycles. The third-order valence-electron chi connectivity index (χ3n) is 3.59. The van der Waals surface area contributed by atoms with Gasteiger partial charge in [0.05, 0.1) is 13.2 Å². The predicted octanol–water partition coefficient (Wildman–Crippen LogP) is 4.88. The Labute approximate surface area is 134 Å². The Balaban J connectivity index is 2.06. The zero-order chi connectivity index (χ0) is 14.9. The highest BCUT2D eigenvalue weighted by atomic mass is 35.5. The van der Waals surface area contributed by atoms with Crippen LogP contribution in [-0.2, 0) is 15.3 Å². The van der Waals surface area contributed by atoms with Gasteiger partial charge in [-0.1, -0.05) is 54.4 Å². The van der Waals surface area contributed by atoms with E-state index in [0.717, 1.165) is 11.1 Å². The van der Waals surface area contributed by atoms with Crippen molar-refractivity contribution in [3.8, 4) is 0 Å². The standard InChI is InChI=1S/C17H16Cl2O2/c1-12-10-20-17(21-11-12,13-2-6-15(18)7-3-13)14-4-8-16(19)9-5-14/h2-9,12H,10-11H2,1H3. The van der Waals surface area contributed by atoms with E-state index in [0.29, 0.717) is 29.2 Å². The van der Waals surface area contributed by atoms with Crippen molar-refractivity contribution in [2.24, 2.45) is 5.92 Å². The quantitative estimate of drug-likeness (QED) is 0.784. The average Bonchev–Trinajstić information content (AvgIpc) is 2.50. The normalized spacial score (nSPS) is 18.6. The zero-order valence-electron chi connectivity index (χ0n) is 11.7. The molecule has 1 fully saturated rings. The summed E-state index contributed by atoms with van der Waals surface area (Å²) >= 11 is 12.0. The van der Waals surface area contributed by atoms with Crippen LogP contribution in [-0.4, -0.2) is 13.2 Å². The fourth-order valence-electron chi connectivity index (χ4n) is 2.45. The number of halogens is 2. The predicted molar refractivity (Wildman–Crippen MR) is 84.8 cm³/mol. The fourth-order valence-corrected chi connectivity index (χ4v) is 2.70. The summed E-state index contributed by atoms with van der Waals surface area (Å²) in [6.07, 6.45) is 0. The lowest BCUT2D eigenvalue weighted by atomic mass is 9.95. The van der Waals surface area contributed by atoms with Gasteiger partial charge in [-0.05, 0) is 24.3 Å². The smallest absolute Gasteiger partial charge is 0.222 e. The molecule has 1 aliphatic heterocycles. The van der Waals surface area contributed by atoms with E-state index in [4.69, 9.17) is 32.7 Å². The van der Waals surface area contributed by atoms with Crippen molar-refractivity contribution >= 4 is 23.2 Å². The van der Waals surface area contributed by atoms with Gasteiger partial charge in [-0.3, -0.25) is 0 Å². The second-order valence-electron chi connectivity index (χ2n) is 5.36. The molecule has 0 amide bonds. The van der Waals surface area contributed by atoms with Crippen LogP contribution in [0.15, 0.2) is 48.5 Å². The summed E-state index contributed by atoms with van der Waals surface area (Å²) in [7, 11) is 0. The van der Waals surface area contributed by atoms with Crippen molar-refractivity contribution in [1.82, 2.24) is 0 Å². The molecule has 0 atom stereocenters. The lowest BCUT2D eigenvalue weighted by molar-refractivity contribution is -0.265. The summed E-state index contributed by atoms with van der Waals surface area (Å²) in [5, 5.41) is 1.38. The molecule has 0 spiro atoms. The molecule has 0 unspecified atom stereocenters. The van der Waals surface area contributed by atoms with Crippen LogP contribution in [0.4, 0.5) is 0 Å². The van der Waals surface area contributed by atoms with Crippen molar-refractivity contribution in [3.63, 3.8) is 0 Å². The Morgan fingerprint density at radius 2 is 1.19 bits per heavy atom. The molecular formula is C17H16Cl2O2. The first kappa shape index (κ1) is 14.9. The van der Waals surface area contributed by atoms with E-state index in [1.807, 2.05) is 48.5 Å². The maximum absolute atomic E-state index is 6.12. The first-order chi connectivity index (χ1) is 10.1. The maximum Gasteiger partial charge on any atom is 0.222 e. The van der Waals surface area contributed by atoms with Gasteiger partial charge in [-0.15, -0.1) is 0 Å². The first-order valence-corrected chi connectivity index (χ1v) is 7.66. The van der Waals surface area contributed by atoms with Gasteiger partial charge >= 0.3 is 0 Å². The van der Waals surface area contributed by atoms with Crippen LogP contribution in [0.1, 0.15) is 18.1 Å². The highest BCUT2D eigenvalue weighted by Crippen LogP contribution is 2.39. The molecule has 21 heavy (non-hydrogen) atoms. The van der Waals surface area contributed by atoms with E-state index < -0.39 is 5.79 Å². The molecule has 1 saturated heterocycles. The summed E-state index contributed by atoms with van der Waals surface area (Å²) in [6, 6.07) is 15.1. The van der Waals surface area contributed by atoms with Gasteiger partial charge < -0.3 is 9.47 Å².